The van der Waals surface area contributed by atoms with Gasteiger partial charge in [-0.05, 0) is 35.9 Å². The van der Waals surface area contributed by atoms with Gasteiger partial charge in [0, 0.05) is 11.6 Å². The van der Waals surface area contributed by atoms with E-state index >= 15 is 0 Å². The Morgan fingerprint density at radius 3 is 2.78 bits per heavy atom. The van der Waals surface area contributed by atoms with E-state index in [0.29, 0.717) is 22.5 Å². The van der Waals surface area contributed by atoms with E-state index in [4.69, 9.17) is 9.47 Å². The number of carbonyl (C=O) groups is 1. The summed E-state index contributed by atoms with van der Waals surface area (Å²) in [6.45, 7) is 0. The zero-order valence-electron chi connectivity index (χ0n) is 17.5. The number of pyridine rings is 1. The molecule has 2 aromatic heterocycles. The van der Waals surface area contributed by atoms with E-state index in [1.165, 1.54) is 11.8 Å². The molecule has 0 spiro atoms. The number of amides is 1. The largest absolute Gasteiger partial charge is 0.493 e. The minimum Gasteiger partial charge on any atom is -0.493 e. The lowest BCUT2D eigenvalue weighted by Crippen LogP contribution is -2.14. The summed E-state index contributed by atoms with van der Waals surface area (Å²) in [6.07, 6.45) is 5.37. The maximum atomic E-state index is 12.4. The molecule has 162 valence electrons. The smallest absolute Gasteiger partial charge is 0.234 e. The summed E-state index contributed by atoms with van der Waals surface area (Å²) in [4.78, 5) is 21.1. The molecule has 4 aromatic rings. The highest BCUT2D eigenvalue weighted by Gasteiger charge is 2.09. The molecule has 0 unspecified atom stereocenters. The third kappa shape index (κ3) is 5.06. The van der Waals surface area contributed by atoms with Crippen LogP contribution in [0.1, 0.15) is 11.4 Å². The molecular weight excluding hydrogens is 426 g/mol. The van der Waals surface area contributed by atoms with Gasteiger partial charge in [-0.3, -0.25) is 14.9 Å². The standard InChI is InChI=1S/C23H21N5O3S/c1-30-19-9-7-15(13-20(19)31-2)8-10-21-26-23(28-27-21)32-14-22(29)25-18-11-12-24-17-6-4-3-5-16(17)18/h3-13H,14H2,1-2H3,(H,24,25,29)(H,26,27,28). The number of hydrogen-bond donors (Lipinski definition) is 2. The third-order valence-electron chi connectivity index (χ3n) is 4.58. The lowest BCUT2D eigenvalue weighted by molar-refractivity contribution is -0.113. The first kappa shape index (κ1) is 21.4. The van der Waals surface area contributed by atoms with Gasteiger partial charge in [-0.15, -0.1) is 5.10 Å². The number of hydrogen-bond acceptors (Lipinski definition) is 7. The monoisotopic (exact) mass is 447 g/mol. The minimum absolute atomic E-state index is 0.140. The lowest BCUT2D eigenvalue weighted by Gasteiger charge is -2.07. The second kappa shape index (κ2) is 9.97. The van der Waals surface area contributed by atoms with Gasteiger partial charge in [0.2, 0.25) is 11.1 Å². The number of ether oxygens (including phenoxy) is 2. The molecule has 32 heavy (non-hydrogen) atoms. The Balaban J connectivity index is 1.35. The fourth-order valence-corrected chi connectivity index (χ4v) is 3.66. The van der Waals surface area contributed by atoms with Crippen molar-refractivity contribution in [1.29, 1.82) is 0 Å². The number of anilines is 1. The lowest BCUT2D eigenvalue weighted by atomic mass is 10.2. The highest BCUT2D eigenvalue weighted by atomic mass is 32.2. The molecular formula is C23H21N5O3S. The number of thioether (sulfide) groups is 1. The summed E-state index contributed by atoms with van der Waals surface area (Å²) in [7, 11) is 3.19. The van der Waals surface area contributed by atoms with Crippen molar-refractivity contribution in [3.8, 4) is 11.5 Å². The van der Waals surface area contributed by atoms with Gasteiger partial charge in [-0.1, -0.05) is 42.1 Å². The minimum atomic E-state index is -0.140. The van der Waals surface area contributed by atoms with E-state index in [2.05, 4.69) is 25.5 Å². The Kier molecular flexibility index (Phi) is 6.66. The number of fused-ring (bicyclic) bond motifs is 1. The molecule has 4 rings (SSSR count). The number of nitrogens with zero attached hydrogens (tertiary/aromatic N) is 3. The molecule has 2 aromatic carbocycles. The Bertz CT molecular complexity index is 1270. The van der Waals surface area contributed by atoms with E-state index in [9.17, 15) is 4.79 Å². The molecule has 0 aliphatic heterocycles. The summed E-state index contributed by atoms with van der Waals surface area (Å²) in [5.41, 5.74) is 2.49. The van der Waals surface area contributed by atoms with E-state index in [1.807, 2.05) is 54.6 Å². The van der Waals surface area contributed by atoms with Crippen molar-refractivity contribution in [1.82, 2.24) is 20.2 Å². The van der Waals surface area contributed by atoms with Crippen LogP contribution in [0, 0.1) is 0 Å². The van der Waals surface area contributed by atoms with Crippen molar-refractivity contribution in [3.05, 3.63) is 66.1 Å². The van der Waals surface area contributed by atoms with E-state index in [1.54, 1.807) is 26.5 Å². The van der Waals surface area contributed by atoms with Gasteiger partial charge >= 0.3 is 0 Å². The van der Waals surface area contributed by atoms with Crippen LogP contribution in [0.2, 0.25) is 0 Å². The van der Waals surface area contributed by atoms with E-state index in [-0.39, 0.29) is 11.7 Å². The highest BCUT2D eigenvalue weighted by molar-refractivity contribution is 7.99. The van der Waals surface area contributed by atoms with Crippen LogP contribution in [0.15, 0.2) is 59.9 Å². The van der Waals surface area contributed by atoms with Crippen LogP contribution in [0.4, 0.5) is 5.69 Å². The molecule has 9 heteroatoms. The molecule has 2 N–H and O–H groups in total. The predicted octanol–water partition coefficient (Wildman–Crippen LogP) is 4.27. The number of H-pyrrole nitrogens is 1. The molecule has 0 fully saturated rings. The molecule has 0 atom stereocenters. The predicted molar refractivity (Wildman–Crippen MR) is 126 cm³/mol. The highest BCUT2D eigenvalue weighted by Crippen LogP contribution is 2.28. The van der Waals surface area contributed by atoms with Crippen LogP contribution in [-0.4, -0.2) is 46.0 Å². The van der Waals surface area contributed by atoms with Crippen molar-refractivity contribution in [2.24, 2.45) is 0 Å². The van der Waals surface area contributed by atoms with Gasteiger partial charge in [0.1, 0.15) is 5.82 Å². The first-order valence-corrected chi connectivity index (χ1v) is 10.7. The Labute approximate surface area is 189 Å². The molecule has 0 bridgehead atoms. The Morgan fingerprint density at radius 2 is 1.94 bits per heavy atom. The Hall–Kier alpha value is -3.85. The maximum absolute atomic E-state index is 12.4. The second-order valence-corrected chi connectivity index (χ2v) is 7.61. The van der Waals surface area contributed by atoms with Gasteiger partial charge in [-0.2, -0.15) is 0 Å². The summed E-state index contributed by atoms with van der Waals surface area (Å²) in [5.74, 6) is 1.95. The van der Waals surface area contributed by atoms with Crippen LogP contribution >= 0.6 is 11.8 Å². The maximum Gasteiger partial charge on any atom is 0.234 e. The van der Waals surface area contributed by atoms with E-state index < -0.39 is 0 Å². The summed E-state index contributed by atoms with van der Waals surface area (Å²) in [5, 5.41) is 11.3. The summed E-state index contributed by atoms with van der Waals surface area (Å²) in [6, 6.07) is 15.1. The molecule has 0 aliphatic carbocycles. The molecule has 2 heterocycles. The fraction of sp³-hybridized carbons (Fsp3) is 0.130. The van der Waals surface area contributed by atoms with Gasteiger partial charge in [-0.25, -0.2) is 4.98 Å². The first-order valence-electron chi connectivity index (χ1n) is 9.75. The number of aromatic nitrogens is 4. The molecule has 0 saturated heterocycles. The zero-order valence-corrected chi connectivity index (χ0v) is 18.3. The van der Waals surface area contributed by atoms with Crippen molar-refractivity contribution >= 4 is 46.4 Å². The van der Waals surface area contributed by atoms with Gasteiger partial charge < -0.3 is 14.8 Å². The number of nitrogens with one attached hydrogen (secondary N) is 2. The van der Waals surface area contributed by atoms with Gasteiger partial charge in [0.25, 0.3) is 0 Å². The van der Waals surface area contributed by atoms with Crippen LogP contribution in [0.5, 0.6) is 11.5 Å². The van der Waals surface area contributed by atoms with Crippen molar-refractivity contribution in [2.75, 3.05) is 25.3 Å². The van der Waals surface area contributed by atoms with Crippen molar-refractivity contribution < 1.29 is 14.3 Å². The van der Waals surface area contributed by atoms with Crippen LogP contribution in [-0.2, 0) is 4.79 Å². The fourth-order valence-electron chi connectivity index (χ4n) is 3.05. The summed E-state index contributed by atoms with van der Waals surface area (Å²) >= 11 is 1.26. The molecule has 0 radical (unpaired) electrons. The molecule has 1 amide bonds. The van der Waals surface area contributed by atoms with E-state index in [0.717, 1.165) is 22.2 Å². The van der Waals surface area contributed by atoms with Crippen LogP contribution in [0.3, 0.4) is 0 Å². The number of aromatic amines is 1. The number of rotatable bonds is 8. The first-order chi connectivity index (χ1) is 15.7. The van der Waals surface area contributed by atoms with Crippen LogP contribution in [0.25, 0.3) is 23.1 Å². The second-order valence-electron chi connectivity index (χ2n) is 6.66. The van der Waals surface area contributed by atoms with Gasteiger partial charge in [0.05, 0.1) is 31.2 Å². The van der Waals surface area contributed by atoms with Crippen molar-refractivity contribution in [3.63, 3.8) is 0 Å². The Morgan fingerprint density at radius 1 is 1.09 bits per heavy atom. The molecule has 0 aliphatic rings. The van der Waals surface area contributed by atoms with Gasteiger partial charge in [0.15, 0.2) is 11.5 Å². The topological polar surface area (TPSA) is 102 Å². The quantitative estimate of drug-likeness (QED) is 0.389. The van der Waals surface area contributed by atoms with Crippen LogP contribution < -0.4 is 14.8 Å². The third-order valence-corrected chi connectivity index (χ3v) is 5.43. The molecule has 8 nitrogen and oxygen atoms in total. The average Bonchev–Trinajstić information content (AvgIpc) is 3.29. The number of benzene rings is 2. The number of carbonyl (C=O) groups excluding carboxylic acids is 1. The normalized spacial score (nSPS) is 11.1. The SMILES string of the molecule is COc1ccc(C=Cc2nc(SCC(=O)Nc3ccnc4ccccc34)n[nH]2)cc1OC. The number of para-hydroxylation sites is 1. The number of methoxy groups -OCH3 is 2. The molecule has 0 saturated carbocycles. The zero-order chi connectivity index (χ0) is 22.3. The van der Waals surface area contributed by atoms with Crippen molar-refractivity contribution in [2.45, 2.75) is 5.16 Å². The average molecular weight is 448 g/mol. The summed E-state index contributed by atoms with van der Waals surface area (Å²) < 4.78 is 10.6.